The molecule has 0 aromatic heterocycles. The van der Waals surface area contributed by atoms with Gasteiger partial charge in [0.2, 0.25) is 0 Å². The smallest absolute Gasteiger partial charge is 0.140 e. The minimum atomic E-state index is -0.214. The van der Waals surface area contributed by atoms with E-state index in [0.29, 0.717) is 0 Å². The summed E-state index contributed by atoms with van der Waals surface area (Å²) in [6, 6.07) is 28.8. The molecule has 0 spiro atoms. The molecule has 0 aliphatic carbocycles. The van der Waals surface area contributed by atoms with Gasteiger partial charge in [0.1, 0.15) is 9.86 Å². The Morgan fingerprint density at radius 2 is 1.54 bits per heavy atom. The van der Waals surface area contributed by atoms with Gasteiger partial charge in [0.15, 0.2) is 0 Å². The van der Waals surface area contributed by atoms with Crippen LogP contribution in [0.5, 0.6) is 0 Å². The first kappa shape index (κ1) is 16.6. The van der Waals surface area contributed by atoms with Crippen LogP contribution in [0.2, 0.25) is 0 Å². The summed E-state index contributed by atoms with van der Waals surface area (Å²) in [5.74, 6) is 1.15. The van der Waals surface area contributed by atoms with E-state index in [1.54, 1.807) is 0 Å². The molecule has 1 nitrogen and oxygen atoms in total. The molecule has 1 fully saturated rings. The first-order chi connectivity index (χ1) is 13.8. The lowest BCUT2D eigenvalue weighted by Gasteiger charge is -2.44. The van der Waals surface area contributed by atoms with Crippen LogP contribution in [0.3, 0.4) is 0 Å². The van der Waals surface area contributed by atoms with Crippen LogP contribution in [0.4, 0.5) is 0 Å². The molecule has 4 aromatic carbocycles. The Morgan fingerprint density at radius 1 is 0.750 bits per heavy atom. The molecule has 1 unspecified atom stereocenters. The lowest BCUT2D eigenvalue weighted by atomic mass is 9.90. The fourth-order valence-electron chi connectivity index (χ4n) is 4.96. The maximum absolute atomic E-state index is 5.96. The van der Waals surface area contributed by atoms with Gasteiger partial charge in [-0.2, -0.15) is 0 Å². The minimum Gasteiger partial charge on any atom is -0.340 e. The Balaban J connectivity index is 1.72. The average Bonchev–Trinajstić information content (AvgIpc) is 3.03. The second-order valence-corrected chi connectivity index (χ2v) is 9.21. The number of benzene rings is 4. The Labute approximate surface area is 174 Å². The normalized spacial score (nSPS) is 21.1. The molecule has 0 saturated carbocycles. The Kier molecular flexibility index (Phi) is 3.59. The van der Waals surface area contributed by atoms with Crippen molar-refractivity contribution >= 4 is 50.5 Å². The predicted molar refractivity (Wildman–Crippen MR) is 124 cm³/mol. The largest absolute Gasteiger partial charge is 0.340 e. The maximum atomic E-state index is 5.96. The van der Waals surface area contributed by atoms with Crippen molar-refractivity contribution in [2.24, 2.45) is 0 Å². The van der Waals surface area contributed by atoms with Gasteiger partial charge in [0, 0.05) is 23.2 Å². The third-order valence-electron chi connectivity index (χ3n) is 6.14. The van der Waals surface area contributed by atoms with E-state index in [1.165, 1.54) is 44.7 Å². The van der Waals surface area contributed by atoms with Gasteiger partial charge in [-0.15, -0.1) is 11.8 Å². The van der Waals surface area contributed by atoms with E-state index in [-0.39, 0.29) is 4.87 Å². The molecule has 2 aliphatic rings. The number of nitrogens with zero attached hydrogens (tertiary/aromatic N) is 1. The summed E-state index contributed by atoms with van der Waals surface area (Å²) in [5, 5.41) is 5.27. The van der Waals surface area contributed by atoms with Gasteiger partial charge in [-0.05, 0) is 33.7 Å². The van der Waals surface area contributed by atoms with Crippen LogP contribution in [0.15, 0.2) is 78.9 Å². The molecule has 0 amide bonds. The highest BCUT2D eigenvalue weighted by Gasteiger charge is 2.51. The van der Waals surface area contributed by atoms with E-state index in [4.69, 9.17) is 12.2 Å². The van der Waals surface area contributed by atoms with Crippen molar-refractivity contribution in [2.45, 2.75) is 11.3 Å². The third-order valence-corrected chi connectivity index (χ3v) is 8.15. The van der Waals surface area contributed by atoms with E-state index in [1.807, 2.05) is 11.8 Å². The monoisotopic (exact) mass is 397 g/mol. The SMILES string of the molecule is S=C1c2ccccc2C2(c3cccc4c3ccc3ccccc34)SCCCN12. The zero-order valence-electron chi connectivity index (χ0n) is 15.4. The van der Waals surface area contributed by atoms with Gasteiger partial charge in [0.25, 0.3) is 0 Å². The summed E-state index contributed by atoms with van der Waals surface area (Å²) in [5.41, 5.74) is 3.95. The second kappa shape index (κ2) is 6.07. The average molecular weight is 398 g/mol. The topological polar surface area (TPSA) is 3.24 Å². The minimum absolute atomic E-state index is 0.214. The van der Waals surface area contributed by atoms with Crippen molar-refractivity contribution < 1.29 is 0 Å². The number of thioether (sulfide) groups is 1. The molecule has 0 N–H and O–H groups in total. The molecule has 4 aromatic rings. The summed E-state index contributed by atoms with van der Waals surface area (Å²) in [7, 11) is 0. The molecule has 2 aliphatic heterocycles. The van der Waals surface area contributed by atoms with Crippen LogP contribution in [0.1, 0.15) is 23.1 Å². The van der Waals surface area contributed by atoms with E-state index >= 15 is 0 Å². The van der Waals surface area contributed by atoms with E-state index in [9.17, 15) is 0 Å². The number of fused-ring (bicyclic) bond motifs is 6. The van der Waals surface area contributed by atoms with Crippen LogP contribution in [-0.2, 0) is 4.87 Å². The summed E-state index contributed by atoms with van der Waals surface area (Å²) in [6.07, 6.45) is 1.17. The Bertz CT molecular complexity index is 1260. The summed E-state index contributed by atoms with van der Waals surface area (Å²) in [4.78, 5) is 3.26. The molecule has 0 bridgehead atoms. The third kappa shape index (κ3) is 2.06. The van der Waals surface area contributed by atoms with Crippen molar-refractivity contribution in [2.75, 3.05) is 12.3 Å². The number of thiocarbonyl (C=S) groups is 1. The van der Waals surface area contributed by atoms with Gasteiger partial charge in [-0.25, -0.2) is 0 Å². The second-order valence-electron chi connectivity index (χ2n) is 7.54. The van der Waals surface area contributed by atoms with Crippen LogP contribution in [0, 0.1) is 0 Å². The molecule has 3 heteroatoms. The van der Waals surface area contributed by atoms with Gasteiger partial charge in [-0.1, -0.05) is 91.1 Å². The van der Waals surface area contributed by atoms with Gasteiger partial charge < -0.3 is 4.90 Å². The zero-order chi connectivity index (χ0) is 18.7. The Morgan fingerprint density at radius 3 is 2.50 bits per heavy atom. The molecule has 1 saturated heterocycles. The van der Waals surface area contributed by atoms with Crippen LogP contribution < -0.4 is 0 Å². The fraction of sp³-hybridized carbons (Fsp3) is 0.160. The van der Waals surface area contributed by atoms with Crippen molar-refractivity contribution in [1.29, 1.82) is 0 Å². The maximum Gasteiger partial charge on any atom is 0.140 e. The van der Waals surface area contributed by atoms with E-state index < -0.39 is 0 Å². The van der Waals surface area contributed by atoms with Gasteiger partial charge in [0.05, 0.1) is 0 Å². The highest BCUT2D eigenvalue weighted by Crippen LogP contribution is 2.55. The molecule has 1 atom stereocenters. The first-order valence-electron chi connectivity index (χ1n) is 9.77. The summed E-state index contributed by atoms with van der Waals surface area (Å²) in [6.45, 7) is 1.02. The van der Waals surface area contributed by atoms with Crippen LogP contribution >= 0.6 is 24.0 Å². The summed E-state index contributed by atoms with van der Waals surface area (Å²) < 4.78 is 0. The molecular formula is C25H19NS2. The van der Waals surface area contributed by atoms with Crippen molar-refractivity contribution in [3.8, 4) is 0 Å². The number of hydrogen-bond acceptors (Lipinski definition) is 2. The lowest BCUT2D eigenvalue weighted by Crippen LogP contribution is -2.45. The Hall–Kier alpha value is -2.36. The van der Waals surface area contributed by atoms with Crippen LogP contribution in [-0.4, -0.2) is 22.2 Å². The predicted octanol–water partition coefficient (Wildman–Crippen LogP) is 6.32. The molecule has 136 valence electrons. The lowest BCUT2D eigenvalue weighted by molar-refractivity contribution is 0.334. The van der Waals surface area contributed by atoms with E-state index in [2.05, 4.69) is 83.8 Å². The summed E-state index contributed by atoms with van der Waals surface area (Å²) >= 11 is 8.00. The molecule has 2 heterocycles. The molecule has 28 heavy (non-hydrogen) atoms. The zero-order valence-corrected chi connectivity index (χ0v) is 17.0. The van der Waals surface area contributed by atoms with Gasteiger partial charge in [-0.3, -0.25) is 0 Å². The molecule has 0 radical (unpaired) electrons. The van der Waals surface area contributed by atoms with E-state index in [0.717, 1.165) is 17.3 Å². The number of hydrogen-bond donors (Lipinski definition) is 0. The first-order valence-corrected chi connectivity index (χ1v) is 11.2. The standard InChI is InChI=1S/C25H19NS2/c27-24-21-9-3-4-11-23(21)25(26(24)15-6-16-28-25)22-12-5-10-19-18-8-2-1-7-17(18)13-14-20(19)22/h1-5,7-14H,6,15-16H2. The van der Waals surface area contributed by atoms with Gasteiger partial charge >= 0.3 is 0 Å². The molecular weight excluding hydrogens is 378 g/mol. The van der Waals surface area contributed by atoms with Crippen LogP contribution in [0.25, 0.3) is 21.5 Å². The quantitative estimate of drug-likeness (QED) is 0.273. The highest BCUT2D eigenvalue weighted by molar-refractivity contribution is 8.00. The van der Waals surface area contributed by atoms with Crippen molar-refractivity contribution in [3.05, 3.63) is 95.6 Å². The fourth-order valence-corrected chi connectivity index (χ4v) is 7.00. The highest BCUT2D eigenvalue weighted by atomic mass is 32.2. The van der Waals surface area contributed by atoms with Crippen molar-refractivity contribution in [1.82, 2.24) is 4.90 Å². The number of rotatable bonds is 1. The molecule has 6 rings (SSSR count). The van der Waals surface area contributed by atoms with Crippen molar-refractivity contribution in [3.63, 3.8) is 0 Å².